The molecule has 2 aliphatic rings. The van der Waals surface area contributed by atoms with E-state index in [2.05, 4.69) is 17.3 Å². The number of benzene rings is 2. The van der Waals surface area contributed by atoms with Crippen LogP contribution in [0.2, 0.25) is 5.02 Å². The number of likely N-dealkylation sites (tertiary alicyclic amines) is 1. The van der Waals surface area contributed by atoms with Gasteiger partial charge in [-0.15, -0.1) is 0 Å². The summed E-state index contributed by atoms with van der Waals surface area (Å²) in [5.74, 6) is -1.25. The van der Waals surface area contributed by atoms with Crippen LogP contribution in [0.1, 0.15) is 23.2 Å². The largest absolute Gasteiger partial charge is 0.350 e. The van der Waals surface area contributed by atoms with Crippen molar-refractivity contribution in [3.05, 3.63) is 69.8 Å². The zero-order chi connectivity index (χ0) is 23.7. The molecule has 0 bridgehead atoms. The predicted octanol–water partition coefficient (Wildman–Crippen LogP) is 3.94. The first kappa shape index (κ1) is 23.3. The molecule has 0 atom stereocenters. The second-order valence-electron chi connectivity index (χ2n) is 8.27. The highest BCUT2D eigenvalue weighted by molar-refractivity contribution is 6.53. The molecule has 0 saturated carbocycles. The van der Waals surface area contributed by atoms with E-state index in [4.69, 9.17) is 23.2 Å². The third-order valence-corrected chi connectivity index (χ3v) is 6.64. The van der Waals surface area contributed by atoms with Crippen LogP contribution in [0.4, 0.5) is 11.4 Å². The highest BCUT2D eigenvalue weighted by atomic mass is 35.5. The summed E-state index contributed by atoms with van der Waals surface area (Å²) >= 11 is 12.2. The summed E-state index contributed by atoms with van der Waals surface area (Å²) in [5, 5.41) is 3.11. The van der Waals surface area contributed by atoms with Gasteiger partial charge in [-0.2, -0.15) is 0 Å². The van der Waals surface area contributed by atoms with Gasteiger partial charge in [0.2, 0.25) is 0 Å². The summed E-state index contributed by atoms with van der Waals surface area (Å²) in [6, 6.07) is 13.4. The molecular formula is C24H24Cl2N4O3. The molecule has 1 saturated heterocycles. The summed E-state index contributed by atoms with van der Waals surface area (Å²) in [6.45, 7) is 1.94. The summed E-state index contributed by atoms with van der Waals surface area (Å²) in [4.78, 5) is 43.4. The Morgan fingerprint density at radius 2 is 1.70 bits per heavy atom. The molecule has 0 unspecified atom stereocenters. The number of nitrogens with one attached hydrogen (secondary N) is 1. The number of amides is 3. The lowest BCUT2D eigenvalue weighted by Gasteiger charge is -2.35. The van der Waals surface area contributed by atoms with Gasteiger partial charge in [-0.25, -0.2) is 4.90 Å². The van der Waals surface area contributed by atoms with E-state index in [1.54, 1.807) is 47.4 Å². The fourth-order valence-corrected chi connectivity index (χ4v) is 4.45. The monoisotopic (exact) mass is 486 g/mol. The van der Waals surface area contributed by atoms with Gasteiger partial charge in [0.15, 0.2) is 0 Å². The molecule has 172 valence electrons. The molecule has 0 radical (unpaired) electrons. The van der Waals surface area contributed by atoms with Crippen molar-refractivity contribution in [2.75, 3.05) is 37.4 Å². The molecule has 2 heterocycles. The van der Waals surface area contributed by atoms with Gasteiger partial charge in [-0.1, -0.05) is 29.3 Å². The average molecular weight is 487 g/mol. The third-order valence-electron chi connectivity index (χ3n) is 6.05. The van der Waals surface area contributed by atoms with Gasteiger partial charge in [-0.05, 0) is 75.4 Å². The molecular weight excluding hydrogens is 463 g/mol. The maximum Gasteiger partial charge on any atom is 0.283 e. The Morgan fingerprint density at radius 3 is 2.33 bits per heavy atom. The summed E-state index contributed by atoms with van der Waals surface area (Å²) in [7, 11) is 3.92. The zero-order valence-corrected chi connectivity index (χ0v) is 19.9. The quantitative estimate of drug-likeness (QED) is 0.647. The Bertz CT molecular complexity index is 1120. The van der Waals surface area contributed by atoms with Crippen molar-refractivity contribution >= 4 is 52.3 Å². The van der Waals surface area contributed by atoms with Crippen molar-refractivity contribution in [3.8, 4) is 0 Å². The molecule has 0 aliphatic carbocycles. The lowest BCUT2D eigenvalue weighted by atomic mass is 10.0. The van der Waals surface area contributed by atoms with Crippen LogP contribution >= 0.6 is 23.2 Å². The Kier molecular flexibility index (Phi) is 6.74. The van der Waals surface area contributed by atoms with Crippen LogP contribution in [0.25, 0.3) is 0 Å². The second-order valence-corrected chi connectivity index (χ2v) is 9.08. The zero-order valence-electron chi connectivity index (χ0n) is 18.3. The van der Waals surface area contributed by atoms with Gasteiger partial charge >= 0.3 is 0 Å². The molecule has 2 aromatic carbocycles. The molecule has 9 heteroatoms. The Labute approximate surface area is 202 Å². The smallest absolute Gasteiger partial charge is 0.283 e. The number of carbonyl (C=O) groups is 3. The number of carbonyl (C=O) groups excluding carboxylic acids is 3. The van der Waals surface area contributed by atoms with E-state index in [0.717, 1.165) is 30.8 Å². The fourth-order valence-electron chi connectivity index (χ4n) is 4.05. The van der Waals surface area contributed by atoms with Gasteiger partial charge < -0.3 is 15.1 Å². The minimum Gasteiger partial charge on any atom is -0.350 e. The van der Waals surface area contributed by atoms with E-state index >= 15 is 0 Å². The number of hydrogen-bond donors (Lipinski definition) is 1. The van der Waals surface area contributed by atoms with Crippen molar-refractivity contribution < 1.29 is 14.4 Å². The highest BCUT2D eigenvalue weighted by Crippen LogP contribution is 2.31. The molecule has 3 amide bonds. The molecule has 2 aliphatic heterocycles. The molecule has 0 aromatic heterocycles. The Morgan fingerprint density at radius 1 is 1.03 bits per heavy atom. The predicted molar refractivity (Wildman–Crippen MR) is 130 cm³/mol. The minimum atomic E-state index is -0.627. The van der Waals surface area contributed by atoms with E-state index < -0.39 is 11.8 Å². The molecule has 2 aromatic rings. The van der Waals surface area contributed by atoms with Crippen molar-refractivity contribution in [1.29, 1.82) is 0 Å². The standard InChI is InChI=1S/C24H24Cl2N4O3/c1-28-12-10-18(11-13-28)29(2)22(31)15-6-8-17(9-7-15)27-21-20(26)23(32)30(24(21)33)19-5-3-4-16(25)14-19/h3-9,14,18,27H,10-13H2,1-2H3. The molecule has 1 N–H and O–H groups in total. The van der Waals surface area contributed by atoms with Gasteiger partial charge in [0, 0.05) is 29.4 Å². The number of rotatable bonds is 5. The molecule has 7 nitrogen and oxygen atoms in total. The highest BCUT2D eigenvalue weighted by Gasteiger charge is 2.39. The topological polar surface area (TPSA) is 73.0 Å². The average Bonchev–Trinajstić information content (AvgIpc) is 3.02. The molecule has 33 heavy (non-hydrogen) atoms. The minimum absolute atomic E-state index is 0.0239. The van der Waals surface area contributed by atoms with Crippen LogP contribution in [0, 0.1) is 0 Å². The summed E-state index contributed by atoms with van der Waals surface area (Å²) in [6.07, 6.45) is 1.90. The first-order valence-electron chi connectivity index (χ1n) is 10.6. The number of halogens is 2. The number of piperidine rings is 1. The van der Waals surface area contributed by atoms with Crippen molar-refractivity contribution in [1.82, 2.24) is 9.80 Å². The van der Waals surface area contributed by atoms with Crippen molar-refractivity contribution in [3.63, 3.8) is 0 Å². The second kappa shape index (κ2) is 9.55. The molecule has 1 fully saturated rings. The number of anilines is 2. The van der Waals surface area contributed by atoms with Crippen LogP contribution in [0.3, 0.4) is 0 Å². The van der Waals surface area contributed by atoms with Crippen molar-refractivity contribution in [2.45, 2.75) is 18.9 Å². The fraction of sp³-hybridized carbons (Fsp3) is 0.292. The van der Waals surface area contributed by atoms with E-state index in [0.29, 0.717) is 22.0 Å². The summed E-state index contributed by atoms with van der Waals surface area (Å²) in [5.41, 5.74) is 1.40. The van der Waals surface area contributed by atoms with Gasteiger partial charge in [-0.3, -0.25) is 14.4 Å². The van der Waals surface area contributed by atoms with E-state index in [-0.39, 0.29) is 22.7 Å². The number of nitrogens with zero attached hydrogens (tertiary/aromatic N) is 3. The van der Waals surface area contributed by atoms with Crippen LogP contribution in [-0.4, -0.2) is 60.7 Å². The van der Waals surface area contributed by atoms with E-state index in [9.17, 15) is 14.4 Å². The van der Waals surface area contributed by atoms with Gasteiger partial charge in [0.25, 0.3) is 17.7 Å². The number of imide groups is 1. The lowest BCUT2D eigenvalue weighted by Crippen LogP contribution is -2.44. The first-order chi connectivity index (χ1) is 15.8. The Balaban J connectivity index is 1.46. The maximum absolute atomic E-state index is 12.9. The van der Waals surface area contributed by atoms with Crippen molar-refractivity contribution in [2.24, 2.45) is 0 Å². The van der Waals surface area contributed by atoms with Crippen LogP contribution in [0.5, 0.6) is 0 Å². The Hall–Kier alpha value is -2.87. The van der Waals surface area contributed by atoms with Crippen LogP contribution in [-0.2, 0) is 9.59 Å². The van der Waals surface area contributed by atoms with Crippen LogP contribution in [0.15, 0.2) is 59.3 Å². The number of hydrogen-bond acceptors (Lipinski definition) is 5. The van der Waals surface area contributed by atoms with Gasteiger partial charge in [0.1, 0.15) is 10.7 Å². The first-order valence-corrected chi connectivity index (χ1v) is 11.4. The molecule has 4 rings (SSSR count). The summed E-state index contributed by atoms with van der Waals surface area (Å²) < 4.78 is 0. The lowest BCUT2D eigenvalue weighted by molar-refractivity contribution is -0.120. The van der Waals surface area contributed by atoms with E-state index in [1.807, 2.05) is 7.05 Å². The third kappa shape index (κ3) is 4.76. The van der Waals surface area contributed by atoms with Gasteiger partial charge in [0.05, 0.1) is 5.69 Å². The maximum atomic E-state index is 12.9. The molecule has 0 spiro atoms. The van der Waals surface area contributed by atoms with Crippen LogP contribution < -0.4 is 10.2 Å². The normalized spacial score (nSPS) is 17.6. The van der Waals surface area contributed by atoms with E-state index in [1.165, 1.54) is 6.07 Å². The SMILES string of the molecule is CN1CCC(N(C)C(=O)c2ccc(NC3=C(Cl)C(=O)N(c4cccc(Cl)c4)C3=O)cc2)CC1.